The fourth-order valence-corrected chi connectivity index (χ4v) is 4.16. The van der Waals surface area contributed by atoms with E-state index in [4.69, 9.17) is 9.72 Å². The van der Waals surface area contributed by atoms with Gasteiger partial charge in [-0.05, 0) is 13.8 Å². The Hall–Kier alpha value is -2.26. The van der Waals surface area contributed by atoms with E-state index in [-0.39, 0.29) is 5.91 Å². The lowest BCUT2D eigenvalue weighted by molar-refractivity contribution is 0.0750. The molecule has 0 spiro atoms. The third-order valence-corrected chi connectivity index (χ3v) is 5.87. The minimum atomic E-state index is 0.0857. The maximum absolute atomic E-state index is 12.7. The number of carbonyl (C=O) groups is 1. The molecule has 2 aromatic heterocycles. The van der Waals surface area contributed by atoms with Gasteiger partial charge in [-0.15, -0.1) is 11.3 Å². The summed E-state index contributed by atoms with van der Waals surface area (Å²) in [6, 6.07) is 2.02. The molecule has 2 aromatic rings. The van der Waals surface area contributed by atoms with Gasteiger partial charge in [0.15, 0.2) is 0 Å². The highest BCUT2D eigenvalue weighted by Gasteiger charge is 2.26. The summed E-state index contributed by atoms with van der Waals surface area (Å²) in [5.41, 5.74) is 3.50. The first-order valence-corrected chi connectivity index (χ1v) is 10.1. The molecular weight excluding hydrogens is 364 g/mol. The molecule has 144 valence electrons. The van der Waals surface area contributed by atoms with Crippen LogP contribution in [0.2, 0.25) is 0 Å². The zero-order valence-electron chi connectivity index (χ0n) is 15.7. The summed E-state index contributed by atoms with van der Waals surface area (Å²) >= 11 is 1.42. The highest BCUT2D eigenvalue weighted by atomic mass is 32.1. The Bertz CT molecular complexity index is 812. The number of carbonyl (C=O) groups excluding carboxylic acids is 1. The lowest BCUT2D eigenvalue weighted by Gasteiger charge is -2.36. The van der Waals surface area contributed by atoms with E-state index < -0.39 is 0 Å². The van der Waals surface area contributed by atoms with Gasteiger partial charge >= 0.3 is 0 Å². The average molecular weight is 388 g/mol. The molecule has 0 saturated carbocycles. The van der Waals surface area contributed by atoms with Crippen molar-refractivity contribution < 1.29 is 9.53 Å². The zero-order valence-corrected chi connectivity index (χ0v) is 16.5. The van der Waals surface area contributed by atoms with Gasteiger partial charge in [0.25, 0.3) is 5.91 Å². The fourth-order valence-electron chi connectivity index (χ4n) is 3.39. The molecule has 0 atom stereocenters. The number of morpholine rings is 1. The largest absolute Gasteiger partial charge is 0.378 e. The van der Waals surface area contributed by atoms with Crippen LogP contribution in [-0.4, -0.2) is 78.2 Å². The third kappa shape index (κ3) is 3.89. The van der Waals surface area contributed by atoms with Crippen molar-refractivity contribution in [3.05, 3.63) is 27.8 Å². The van der Waals surface area contributed by atoms with Gasteiger partial charge in [0.1, 0.15) is 10.7 Å². The van der Waals surface area contributed by atoms with Crippen molar-refractivity contribution in [3.63, 3.8) is 0 Å². The normalized spacial score (nSPS) is 18.1. The summed E-state index contributed by atoms with van der Waals surface area (Å²) in [6.45, 7) is 9.86. The standard InChI is InChI=1S/C18H24N6O2S/c1-13-11-15(21-18(20-13)24-7-9-26-10-8-24)22-3-5-23(6-4-22)17(25)16-14(2)19-12-27-16/h11-12H,3-10H2,1-2H3. The van der Waals surface area contributed by atoms with Crippen molar-refractivity contribution in [3.8, 4) is 0 Å². The Labute approximate surface area is 162 Å². The Morgan fingerprint density at radius 3 is 2.44 bits per heavy atom. The summed E-state index contributed by atoms with van der Waals surface area (Å²) in [5, 5.41) is 0. The summed E-state index contributed by atoms with van der Waals surface area (Å²) in [5.74, 6) is 1.79. The van der Waals surface area contributed by atoms with Crippen LogP contribution in [0.3, 0.4) is 0 Å². The molecule has 8 nitrogen and oxygen atoms in total. The second kappa shape index (κ2) is 7.77. The highest BCUT2D eigenvalue weighted by Crippen LogP contribution is 2.21. The molecule has 0 bridgehead atoms. The van der Waals surface area contributed by atoms with Crippen LogP contribution in [0.4, 0.5) is 11.8 Å². The number of amides is 1. The molecule has 2 fully saturated rings. The minimum Gasteiger partial charge on any atom is -0.378 e. The van der Waals surface area contributed by atoms with E-state index in [1.807, 2.05) is 24.8 Å². The molecule has 0 aliphatic carbocycles. The van der Waals surface area contributed by atoms with Gasteiger partial charge in [-0.25, -0.2) is 9.97 Å². The maximum Gasteiger partial charge on any atom is 0.265 e. The van der Waals surface area contributed by atoms with E-state index in [9.17, 15) is 4.79 Å². The topological polar surface area (TPSA) is 74.7 Å². The second-order valence-electron chi connectivity index (χ2n) is 6.81. The van der Waals surface area contributed by atoms with E-state index in [1.165, 1.54) is 11.3 Å². The van der Waals surface area contributed by atoms with Crippen LogP contribution in [0.5, 0.6) is 0 Å². The smallest absolute Gasteiger partial charge is 0.265 e. The number of nitrogens with zero attached hydrogens (tertiary/aromatic N) is 6. The molecule has 2 saturated heterocycles. The number of rotatable bonds is 3. The Kier molecular flexibility index (Phi) is 5.22. The van der Waals surface area contributed by atoms with Crippen LogP contribution in [0.15, 0.2) is 11.6 Å². The van der Waals surface area contributed by atoms with Gasteiger partial charge in [-0.3, -0.25) is 4.79 Å². The molecule has 2 aliphatic rings. The van der Waals surface area contributed by atoms with Crippen LogP contribution in [0.25, 0.3) is 0 Å². The summed E-state index contributed by atoms with van der Waals surface area (Å²) in [4.78, 5) is 33.3. The first-order valence-electron chi connectivity index (χ1n) is 9.24. The number of hydrogen-bond donors (Lipinski definition) is 0. The van der Waals surface area contributed by atoms with Crippen LogP contribution in [0.1, 0.15) is 21.1 Å². The number of thiazole rings is 1. The fraction of sp³-hybridized carbons (Fsp3) is 0.556. The van der Waals surface area contributed by atoms with E-state index in [0.717, 1.165) is 54.2 Å². The van der Waals surface area contributed by atoms with E-state index in [0.29, 0.717) is 26.3 Å². The summed E-state index contributed by atoms with van der Waals surface area (Å²) < 4.78 is 5.42. The van der Waals surface area contributed by atoms with Gasteiger partial charge in [-0.1, -0.05) is 0 Å². The zero-order chi connectivity index (χ0) is 18.8. The van der Waals surface area contributed by atoms with Crippen molar-refractivity contribution in [2.75, 3.05) is 62.3 Å². The monoisotopic (exact) mass is 388 g/mol. The number of hydrogen-bond acceptors (Lipinski definition) is 8. The van der Waals surface area contributed by atoms with Crippen molar-refractivity contribution in [2.24, 2.45) is 0 Å². The molecular formula is C18H24N6O2S. The molecule has 9 heteroatoms. The predicted octanol–water partition coefficient (Wildman–Crippen LogP) is 1.35. The number of aryl methyl sites for hydroxylation is 2. The van der Waals surface area contributed by atoms with Gasteiger partial charge in [-0.2, -0.15) is 4.98 Å². The van der Waals surface area contributed by atoms with E-state index in [1.54, 1.807) is 5.51 Å². The van der Waals surface area contributed by atoms with Crippen LogP contribution < -0.4 is 9.80 Å². The average Bonchev–Trinajstić information content (AvgIpc) is 3.13. The van der Waals surface area contributed by atoms with Crippen LogP contribution >= 0.6 is 11.3 Å². The highest BCUT2D eigenvalue weighted by molar-refractivity contribution is 7.11. The first-order chi connectivity index (χ1) is 13.1. The quantitative estimate of drug-likeness (QED) is 0.786. The molecule has 2 aliphatic heterocycles. The molecule has 4 heterocycles. The summed E-state index contributed by atoms with van der Waals surface area (Å²) in [7, 11) is 0. The molecule has 0 aromatic carbocycles. The predicted molar refractivity (Wildman–Crippen MR) is 105 cm³/mol. The first kappa shape index (κ1) is 18.1. The van der Waals surface area contributed by atoms with Gasteiger partial charge in [0.2, 0.25) is 5.95 Å². The maximum atomic E-state index is 12.7. The van der Waals surface area contributed by atoms with E-state index in [2.05, 4.69) is 19.8 Å². The van der Waals surface area contributed by atoms with Crippen molar-refractivity contribution >= 4 is 29.0 Å². The molecule has 1 amide bonds. The lowest BCUT2D eigenvalue weighted by Crippen LogP contribution is -2.49. The molecule has 4 rings (SSSR count). The van der Waals surface area contributed by atoms with Crippen LogP contribution in [-0.2, 0) is 4.74 Å². The van der Waals surface area contributed by atoms with Crippen LogP contribution in [0, 0.1) is 13.8 Å². The van der Waals surface area contributed by atoms with Gasteiger partial charge in [0.05, 0.1) is 24.4 Å². The Morgan fingerprint density at radius 2 is 1.78 bits per heavy atom. The molecule has 27 heavy (non-hydrogen) atoms. The summed E-state index contributed by atoms with van der Waals surface area (Å²) in [6.07, 6.45) is 0. The van der Waals surface area contributed by atoms with E-state index >= 15 is 0 Å². The number of aromatic nitrogens is 3. The van der Waals surface area contributed by atoms with Gasteiger partial charge < -0.3 is 19.4 Å². The lowest BCUT2D eigenvalue weighted by atomic mass is 10.2. The molecule has 0 unspecified atom stereocenters. The van der Waals surface area contributed by atoms with Crippen molar-refractivity contribution in [1.29, 1.82) is 0 Å². The van der Waals surface area contributed by atoms with Gasteiger partial charge in [0, 0.05) is 51.0 Å². The third-order valence-electron chi connectivity index (χ3n) is 4.95. The SMILES string of the molecule is Cc1cc(N2CCN(C(=O)c3scnc3C)CC2)nc(N2CCOCC2)n1. The number of anilines is 2. The van der Waals surface area contributed by atoms with Crippen molar-refractivity contribution in [2.45, 2.75) is 13.8 Å². The van der Waals surface area contributed by atoms with Crippen molar-refractivity contribution in [1.82, 2.24) is 19.9 Å². The number of piperazine rings is 1. The number of ether oxygens (including phenoxy) is 1. The Balaban J connectivity index is 1.44. The second-order valence-corrected chi connectivity index (χ2v) is 7.67. The molecule has 0 N–H and O–H groups in total. The molecule has 0 radical (unpaired) electrons. The minimum absolute atomic E-state index is 0.0857. The Morgan fingerprint density at radius 1 is 1.04 bits per heavy atom.